The second kappa shape index (κ2) is 13.8. The Kier molecular flexibility index (Phi) is 12.1. The van der Waals surface area contributed by atoms with Crippen LogP contribution in [0.15, 0.2) is 29.3 Å². The number of nitrogens with zero attached hydrogens (tertiary/aromatic N) is 1. The van der Waals surface area contributed by atoms with E-state index in [1.807, 2.05) is 24.3 Å². The van der Waals surface area contributed by atoms with E-state index in [4.69, 9.17) is 4.74 Å². The quantitative estimate of drug-likeness (QED) is 0.180. The SMILES string of the molecule is CN=C(NCCOC1CCCCCC1)NCc1cccc(NC(C)=O)c1.I. The van der Waals surface area contributed by atoms with Gasteiger partial charge in [0.2, 0.25) is 5.91 Å². The number of anilines is 1. The fourth-order valence-electron chi connectivity index (χ4n) is 3.17. The summed E-state index contributed by atoms with van der Waals surface area (Å²) in [5, 5.41) is 9.37. The largest absolute Gasteiger partial charge is 0.376 e. The molecule has 0 unspecified atom stereocenters. The lowest BCUT2D eigenvalue weighted by Crippen LogP contribution is -2.38. The Morgan fingerprint density at radius 1 is 1.19 bits per heavy atom. The third-order valence-corrected chi connectivity index (χ3v) is 4.48. The lowest BCUT2D eigenvalue weighted by atomic mass is 10.1. The first-order chi connectivity index (χ1) is 12.7. The molecule has 0 spiro atoms. The molecule has 2 rings (SSSR count). The van der Waals surface area contributed by atoms with Crippen LogP contribution >= 0.6 is 24.0 Å². The molecule has 0 aliphatic heterocycles. The van der Waals surface area contributed by atoms with Gasteiger partial charge in [-0.25, -0.2) is 0 Å². The maximum atomic E-state index is 11.1. The lowest BCUT2D eigenvalue weighted by molar-refractivity contribution is -0.114. The zero-order valence-corrected chi connectivity index (χ0v) is 18.8. The van der Waals surface area contributed by atoms with Crippen molar-refractivity contribution in [1.82, 2.24) is 10.6 Å². The van der Waals surface area contributed by atoms with Crippen LogP contribution in [0, 0.1) is 0 Å². The molecular formula is C20H33IN4O2. The number of rotatable bonds is 7. The first kappa shape index (κ1) is 23.7. The van der Waals surface area contributed by atoms with Crippen molar-refractivity contribution in [3.05, 3.63) is 29.8 Å². The Balaban J connectivity index is 0.00000364. The maximum absolute atomic E-state index is 11.1. The van der Waals surface area contributed by atoms with Gasteiger partial charge in [-0.3, -0.25) is 9.79 Å². The summed E-state index contributed by atoms with van der Waals surface area (Å²) < 4.78 is 5.99. The van der Waals surface area contributed by atoms with Gasteiger partial charge >= 0.3 is 0 Å². The predicted octanol–water partition coefficient (Wildman–Crippen LogP) is 3.67. The van der Waals surface area contributed by atoms with E-state index >= 15 is 0 Å². The van der Waals surface area contributed by atoms with Crippen LogP contribution in [0.4, 0.5) is 5.69 Å². The molecule has 7 heteroatoms. The number of hydrogen-bond acceptors (Lipinski definition) is 3. The minimum absolute atomic E-state index is 0. The van der Waals surface area contributed by atoms with Crippen LogP contribution < -0.4 is 16.0 Å². The summed E-state index contributed by atoms with van der Waals surface area (Å²) in [5.41, 5.74) is 1.88. The van der Waals surface area contributed by atoms with Crippen LogP contribution in [0.1, 0.15) is 51.0 Å². The molecule has 152 valence electrons. The molecule has 0 aromatic heterocycles. The molecule has 1 amide bonds. The van der Waals surface area contributed by atoms with E-state index in [2.05, 4.69) is 20.9 Å². The molecule has 27 heavy (non-hydrogen) atoms. The van der Waals surface area contributed by atoms with Crippen molar-refractivity contribution in [2.45, 2.75) is 58.1 Å². The van der Waals surface area contributed by atoms with Crippen LogP contribution in [-0.2, 0) is 16.1 Å². The number of carbonyl (C=O) groups is 1. The molecule has 0 saturated heterocycles. The third kappa shape index (κ3) is 9.95. The van der Waals surface area contributed by atoms with Gasteiger partial charge in [-0.05, 0) is 30.5 Å². The van der Waals surface area contributed by atoms with Crippen molar-refractivity contribution in [2.24, 2.45) is 4.99 Å². The second-order valence-electron chi connectivity index (χ2n) is 6.72. The molecule has 0 radical (unpaired) electrons. The Morgan fingerprint density at radius 3 is 2.59 bits per heavy atom. The summed E-state index contributed by atoms with van der Waals surface area (Å²) in [4.78, 5) is 15.4. The van der Waals surface area contributed by atoms with Crippen LogP contribution in [0.2, 0.25) is 0 Å². The van der Waals surface area contributed by atoms with Gasteiger partial charge in [-0.15, -0.1) is 24.0 Å². The summed E-state index contributed by atoms with van der Waals surface area (Å²) in [7, 11) is 1.76. The number of carbonyl (C=O) groups excluding carboxylic acids is 1. The van der Waals surface area contributed by atoms with E-state index < -0.39 is 0 Å². The minimum atomic E-state index is -0.0683. The molecular weight excluding hydrogens is 455 g/mol. The average Bonchev–Trinajstić information content (AvgIpc) is 2.90. The Bertz CT molecular complexity index is 587. The van der Waals surface area contributed by atoms with Gasteiger partial charge < -0.3 is 20.7 Å². The van der Waals surface area contributed by atoms with E-state index in [0.717, 1.165) is 23.8 Å². The number of aliphatic imine (C=N–C) groups is 1. The van der Waals surface area contributed by atoms with Gasteiger partial charge in [-0.1, -0.05) is 37.8 Å². The van der Waals surface area contributed by atoms with Gasteiger partial charge in [0.25, 0.3) is 0 Å². The molecule has 3 N–H and O–H groups in total. The highest BCUT2D eigenvalue weighted by molar-refractivity contribution is 14.0. The number of amides is 1. The molecule has 0 bridgehead atoms. The fourth-order valence-corrected chi connectivity index (χ4v) is 3.17. The molecule has 1 fully saturated rings. The van der Waals surface area contributed by atoms with Gasteiger partial charge in [-0.2, -0.15) is 0 Å². The smallest absolute Gasteiger partial charge is 0.221 e. The van der Waals surface area contributed by atoms with Crippen molar-refractivity contribution in [3.63, 3.8) is 0 Å². The maximum Gasteiger partial charge on any atom is 0.221 e. The zero-order chi connectivity index (χ0) is 18.6. The summed E-state index contributed by atoms with van der Waals surface area (Å²) >= 11 is 0. The monoisotopic (exact) mass is 488 g/mol. The van der Waals surface area contributed by atoms with Crippen molar-refractivity contribution < 1.29 is 9.53 Å². The molecule has 1 aromatic carbocycles. The average molecular weight is 488 g/mol. The summed E-state index contributed by atoms with van der Waals surface area (Å²) in [5.74, 6) is 0.681. The summed E-state index contributed by atoms with van der Waals surface area (Å²) in [6.45, 7) is 3.58. The van der Waals surface area contributed by atoms with Gasteiger partial charge in [0.1, 0.15) is 0 Å². The van der Waals surface area contributed by atoms with E-state index in [9.17, 15) is 4.79 Å². The van der Waals surface area contributed by atoms with Crippen LogP contribution in [-0.4, -0.2) is 38.2 Å². The highest BCUT2D eigenvalue weighted by atomic mass is 127. The summed E-state index contributed by atoms with van der Waals surface area (Å²) in [6, 6.07) is 7.78. The van der Waals surface area contributed by atoms with E-state index in [0.29, 0.717) is 19.3 Å². The fraction of sp³-hybridized carbons (Fsp3) is 0.600. The van der Waals surface area contributed by atoms with Crippen molar-refractivity contribution in [1.29, 1.82) is 0 Å². The third-order valence-electron chi connectivity index (χ3n) is 4.48. The van der Waals surface area contributed by atoms with E-state index in [1.165, 1.54) is 45.4 Å². The minimum Gasteiger partial charge on any atom is -0.376 e. The number of nitrogens with one attached hydrogen (secondary N) is 3. The topological polar surface area (TPSA) is 74.8 Å². The van der Waals surface area contributed by atoms with E-state index in [1.54, 1.807) is 7.05 Å². The van der Waals surface area contributed by atoms with Crippen LogP contribution in [0.3, 0.4) is 0 Å². The van der Waals surface area contributed by atoms with E-state index in [-0.39, 0.29) is 29.9 Å². The number of hydrogen-bond donors (Lipinski definition) is 3. The second-order valence-corrected chi connectivity index (χ2v) is 6.72. The zero-order valence-electron chi connectivity index (χ0n) is 16.4. The normalized spacial score (nSPS) is 15.4. The number of guanidine groups is 1. The van der Waals surface area contributed by atoms with Gasteiger partial charge in [0, 0.05) is 32.7 Å². The lowest BCUT2D eigenvalue weighted by Gasteiger charge is -2.17. The van der Waals surface area contributed by atoms with Gasteiger partial charge in [0.05, 0.1) is 12.7 Å². The number of ether oxygens (including phenoxy) is 1. The predicted molar refractivity (Wildman–Crippen MR) is 122 cm³/mol. The highest BCUT2D eigenvalue weighted by Crippen LogP contribution is 2.19. The molecule has 1 aliphatic rings. The molecule has 1 saturated carbocycles. The van der Waals surface area contributed by atoms with Crippen LogP contribution in [0.25, 0.3) is 0 Å². The Morgan fingerprint density at radius 2 is 1.93 bits per heavy atom. The first-order valence-corrected chi connectivity index (χ1v) is 9.60. The Labute approximate surface area is 179 Å². The molecule has 1 aliphatic carbocycles. The number of halogens is 1. The highest BCUT2D eigenvalue weighted by Gasteiger charge is 2.12. The molecule has 1 aromatic rings. The Hall–Kier alpha value is -1.35. The molecule has 0 atom stereocenters. The van der Waals surface area contributed by atoms with Crippen molar-refractivity contribution in [3.8, 4) is 0 Å². The van der Waals surface area contributed by atoms with Crippen LogP contribution in [0.5, 0.6) is 0 Å². The summed E-state index contributed by atoms with van der Waals surface area (Å²) in [6.07, 6.45) is 8.08. The molecule has 0 heterocycles. The first-order valence-electron chi connectivity index (χ1n) is 9.60. The van der Waals surface area contributed by atoms with Crippen molar-refractivity contribution >= 4 is 41.5 Å². The number of benzene rings is 1. The van der Waals surface area contributed by atoms with Crippen molar-refractivity contribution in [2.75, 3.05) is 25.5 Å². The standard InChI is InChI=1S/C20H32N4O2.HI/c1-16(25)24-18-9-7-8-17(14-18)15-23-20(21-2)22-12-13-26-19-10-5-3-4-6-11-19;/h7-9,14,19H,3-6,10-13,15H2,1-2H3,(H,24,25)(H2,21,22,23);1H. The van der Waals surface area contributed by atoms with Gasteiger partial charge in [0.15, 0.2) is 5.96 Å². The molecule has 6 nitrogen and oxygen atoms in total.